The SMILES string of the molecule is CCC(N)(CC)CNC(=O)COc1cc(Cl)ccc1Cl. The van der Waals surface area contributed by atoms with Crippen LogP contribution in [-0.2, 0) is 4.79 Å². The van der Waals surface area contributed by atoms with Gasteiger partial charge in [0.15, 0.2) is 6.61 Å². The first-order valence-electron chi connectivity index (χ1n) is 6.53. The first-order valence-corrected chi connectivity index (χ1v) is 7.29. The molecule has 3 N–H and O–H groups in total. The predicted molar refractivity (Wildman–Crippen MR) is 82.5 cm³/mol. The molecule has 0 heterocycles. The molecule has 0 fully saturated rings. The first kappa shape index (κ1) is 17.1. The highest BCUT2D eigenvalue weighted by molar-refractivity contribution is 6.34. The highest BCUT2D eigenvalue weighted by Gasteiger charge is 2.20. The van der Waals surface area contributed by atoms with Gasteiger partial charge in [-0.3, -0.25) is 4.79 Å². The lowest BCUT2D eigenvalue weighted by atomic mass is 9.94. The van der Waals surface area contributed by atoms with E-state index in [2.05, 4.69) is 5.32 Å². The number of ether oxygens (including phenoxy) is 1. The van der Waals surface area contributed by atoms with Crippen molar-refractivity contribution in [3.8, 4) is 5.75 Å². The number of benzene rings is 1. The van der Waals surface area contributed by atoms with Crippen LogP contribution >= 0.6 is 23.2 Å². The number of hydrogen-bond donors (Lipinski definition) is 2. The van der Waals surface area contributed by atoms with Crippen molar-refractivity contribution in [1.29, 1.82) is 0 Å². The molecule has 20 heavy (non-hydrogen) atoms. The number of hydrogen-bond acceptors (Lipinski definition) is 3. The van der Waals surface area contributed by atoms with Crippen molar-refractivity contribution in [3.63, 3.8) is 0 Å². The Kier molecular flexibility index (Phi) is 6.59. The largest absolute Gasteiger partial charge is 0.482 e. The molecule has 0 saturated carbocycles. The van der Waals surface area contributed by atoms with Crippen molar-refractivity contribution in [2.24, 2.45) is 5.73 Å². The molecule has 0 spiro atoms. The average molecular weight is 319 g/mol. The third-order valence-electron chi connectivity index (χ3n) is 3.30. The van der Waals surface area contributed by atoms with E-state index < -0.39 is 0 Å². The quantitative estimate of drug-likeness (QED) is 0.812. The summed E-state index contributed by atoms with van der Waals surface area (Å²) in [5, 5.41) is 3.68. The molecule has 0 aliphatic heterocycles. The summed E-state index contributed by atoms with van der Waals surface area (Å²) in [6.45, 7) is 4.30. The summed E-state index contributed by atoms with van der Waals surface area (Å²) in [7, 11) is 0. The van der Waals surface area contributed by atoms with E-state index in [1.807, 2.05) is 13.8 Å². The molecule has 1 aromatic rings. The molecule has 1 aromatic carbocycles. The van der Waals surface area contributed by atoms with Gasteiger partial charge in [-0.25, -0.2) is 0 Å². The molecule has 6 heteroatoms. The molecule has 1 rings (SSSR count). The van der Waals surface area contributed by atoms with Gasteiger partial charge in [0.2, 0.25) is 0 Å². The molecular formula is C14H20Cl2N2O2. The topological polar surface area (TPSA) is 64.3 Å². The van der Waals surface area contributed by atoms with Crippen molar-refractivity contribution in [2.75, 3.05) is 13.2 Å². The third kappa shape index (κ3) is 5.19. The molecule has 1 amide bonds. The zero-order chi connectivity index (χ0) is 15.2. The van der Waals surface area contributed by atoms with Crippen LogP contribution in [0.5, 0.6) is 5.75 Å². The van der Waals surface area contributed by atoms with E-state index in [0.717, 1.165) is 12.8 Å². The number of amides is 1. The number of halogens is 2. The van der Waals surface area contributed by atoms with E-state index in [9.17, 15) is 4.79 Å². The highest BCUT2D eigenvalue weighted by Crippen LogP contribution is 2.27. The van der Waals surface area contributed by atoms with Gasteiger partial charge in [0.25, 0.3) is 5.91 Å². The highest BCUT2D eigenvalue weighted by atomic mass is 35.5. The molecule has 4 nitrogen and oxygen atoms in total. The fraction of sp³-hybridized carbons (Fsp3) is 0.500. The average Bonchev–Trinajstić information content (AvgIpc) is 2.45. The second-order valence-electron chi connectivity index (χ2n) is 4.71. The second kappa shape index (κ2) is 7.72. The van der Waals surface area contributed by atoms with Gasteiger partial charge >= 0.3 is 0 Å². The van der Waals surface area contributed by atoms with Gasteiger partial charge in [-0.05, 0) is 25.0 Å². The molecular weight excluding hydrogens is 299 g/mol. The molecule has 0 aliphatic carbocycles. The summed E-state index contributed by atoms with van der Waals surface area (Å²) in [5.41, 5.74) is 5.73. The van der Waals surface area contributed by atoms with E-state index in [0.29, 0.717) is 22.3 Å². The van der Waals surface area contributed by atoms with Crippen LogP contribution in [0.4, 0.5) is 0 Å². The standard InChI is InChI=1S/C14H20Cl2N2O2/c1-3-14(17,4-2)9-18-13(19)8-20-12-7-10(15)5-6-11(12)16/h5-7H,3-4,8-9,17H2,1-2H3,(H,18,19). The zero-order valence-corrected chi connectivity index (χ0v) is 13.2. The Hall–Kier alpha value is -0.970. The van der Waals surface area contributed by atoms with Gasteiger partial charge in [-0.2, -0.15) is 0 Å². The van der Waals surface area contributed by atoms with Crippen molar-refractivity contribution < 1.29 is 9.53 Å². The lowest BCUT2D eigenvalue weighted by Crippen LogP contribution is -2.50. The summed E-state index contributed by atoms with van der Waals surface area (Å²) in [6.07, 6.45) is 1.59. The van der Waals surface area contributed by atoms with Gasteiger partial charge in [-0.1, -0.05) is 37.0 Å². The number of rotatable bonds is 7. The maximum atomic E-state index is 11.7. The predicted octanol–water partition coefficient (Wildman–Crippen LogP) is 3.01. The van der Waals surface area contributed by atoms with E-state index in [-0.39, 0.29) is 18.1 Å². The van der Waals surface area contributed by atoms with Crippen LogP contribution in [0.3, 0.4) is 0 Å². The molecule has 0 aromatic heterocycles. The molecule has 112 valence electrons. The minimum Gasteiger partial charge on any atom is -0.482 e. The lowest BCUT2D eigenvalue weighted by Gasteiger charge is -2.26. The summed E-state index contributed by atoms with van der Waals surface area (Å²) < 4.78 is 5.34. The smallest absolute Gasteiger partial charge is 0.258 e. The normalized spacial score (nSPS) is 11.2. The Morgan fingerprint density at radius 3 is 2.60 bits per heavy atom. The number of carbonyl (C=O) groups is 1. The maximum absolute atomic E-state index is 11.7. The number of nitrogens with two attached hydrogens (primary N) is 1. The van der Waals surface area contributed by atoms with Crippen molar-refractivity contribution in [1.82, 2.24) is 5.32 Å². The Morgan fingerprint density at radius 2 is 2.00 bits per heavy atom. The Bertz CT molecular complexity index is 462. The Labute approximate surface area is 129 Å². The fourth-order valence-electron chi connectivity index (χ4n) is 1.56. The van der Waals surface area contributed by atoms with Gasteiger partial charge in [-0.15, -0.1) is 0 Å². The molecule has 0 bridgehead atoms. The second-order valence-corrected chi connectivity index (χ2v) is 5.55. The first-order chi connectivity index (χ1) is 9.40. The molecule has 0 atom stereocenters. The van der Waals surface area contributed by atoms with Crippen LogP contribution < -0.4 is 15.8 Å². The summed E-state index contributed by atoms with van der Waals surface area (Å²) in [4.78, 5) is 11.7. The van der Waals surface area contributed by atoms with Crippen LogP contribution in [0.15, 0.2) is 18.2 Å². The minimum absolute atomic E-state index is 0.121. The Morgan fingerprint density at radius 1 is 1.35 bits per heavy atom. The van der Waals surface area contributed by atoms with Crippen molar-refractivity contribution >= 4 is 29.1 Å². The van der Waals surface area contributed by atoms with E-state index in [1.165, 1.54) is 0 Å². The minimum atomic E-state index is -0.372. The lowest BCUT2D eigenvalue weighted by molar-refractivity contribution is -0.123. The van der Waals surface area contributed by atoms with Gasteiger partial charge in [0.1, 0.15) is 5.75 Å². The van der Waals surface area contributed by atoms with Crippen LogP contribution in [0.25, 0.3) is 0 Å². The summed E-state index contributed by atoms with van der Waals surface area (Å²) in [6, 6.07) is 4.85. The van der Waals surface area contributed by atoms with E-state index >= 15 is 0 Å². The summed E-state index contributed by atoms with van der Waals surface area (Å²) in [5.74, 6) is 0.150. The van der Waals surface area contributed by atoms with Crippen LogP contribution in [-0.4, -0.2) is 24.6 Å². The van der Waals surface area contributed by atoms with E-state index in [4.69, 9.17) is 33.7 Å². The van der Waals surface area contributed by atoms with E-state index in [1.54, 1.807) is 18.2 Å². The molecule has 0 unspecified atom stereocenters. The molecule has 0 radical (unpaired) electrons. The number of nitrogens with one attached hydrogen (secondary N) is 1. The fourth-order valence-corrected chi connectivity index (χ4v) is 1.89. The number of carbonyl (C=O) groups excluding carboxylic acids is 1. The van der Waals surface area contributed by atoms with Crippen molar-refractivity contribution in [3.05, 3.63) is 28.2 Å². The molecule has 0 saturated heterocycles. The maximum Gasteiger partial charge on any atom is 0.258 e. The monoisotopic (exact) mass is 318 g/mol. The van der Waals surface area contributed by atoms with Crippen molar-refractivity contribution in [2.45, 2.75) is 32.2 Å². The van der Waals surface area contributed by atoms with Gasteiger partial charge in [0, 0.05) is 23.2 Å². The van der Waals surface area contributed by atoms with Gasteiger partial charge < -0.3 is 15.8 Å². The van der Waals surface area contributed by atoms with Gasteiger partial charge in [0.05, 0.1) is 5.02 Å². The van der Waals surface area contributed by atoms with Crippen LogP contribution in [0, 0.1) is 0 Å². The van der Waals surface area contributed by atoms with Crippen LogP contribution in [0.1, 0.15) is 26.7 Å². The molecule has 0 aliphatic rings. The zero-order valence-electron chi connectivity index (χ0n) is 11.7. The van der Waals surface area contributed by atoms with Crippen LogP contribution in [0.2, 0.25) is 10.0 Å². The third-order valence-corrected chi connectivity index (χ3v) is 3.85. The Balaban J connectivity index is 2.46. The summed E-state index contributed by atoms with van der Waals surface area (Å²) >= 11 is 11.8.